The number of nitrogens with one attached hydrogen (secondary N) is 1. The first-order valence-electron chi connectivity index (χ1n) is 5.90. The van der Waals surface area contributed by atoms with Crippen molar-refractivity contribution in [2.75, 3.05) is 5.32 Å². The monoisotopic (exact) mass is 303 g/mol. The summed E-state index contributed by atoms with van der Waals surface area (Å²) in [6.07, 6.45) is 1.20. The second-order valence-electron chi connectivity index (χ2n) is 4.23. The van der Waals surface area contributed by atoms with Crippen LogP contribution < -0.4 is 5.32 Å². The zero-order chi connectivity index (χ0) is 15.0. The highest BCUT2D eigenvalue weighted by Gasteiger charge is 2.16. The molecule has 106 valence electrons. The van der Waals surface area contributed by atoms with Crippen molar-refractivity contribution in [3.8, 4) is 0 Å². The number of hydrogen-bond acceptors (Lipinski definition) is 6. The van der Waals surface area contributed by atoms with E-state index in [1.165, 1.54) is 29.9 Å². The normalized spacial score (nSPS) is 10.7. The number of benzene rings is 1. The Balaban J connectivity index is 1.89. The van der Waals surface area contributed by atoms with Gasteiger partial charge in [-0.3, -0.25) is 10.1 Å². The molecule has 0 aliphatic carbocycles. The standard InChI is InChI=1S/C13H9N3O4S/c1-6-10(20-5-14-6)11(17)16-13-15-8-3-2-7(12(18)19)4-9(8)21-13/h2-5H,1H3,(H,18,19)(H,15,16,17). The van der Waals surface area contributed by atoms with E-state index in [2.05, 4.69) is 15.3 Å². The Labute approximate surface area is 122 Å². The molecular weight excluding hydrogens is 294 g/mol. The number of amides is 1. The third-order valence-corrected chi connectivity index (χ3v) is 3.74. The quantitative estimate of drug-likeness (QED) is 0.770. The van der Waals surface area contributed by atoms with Gasteiger partial charge in [-0.05, 0) is 25.1 Å². The highest BCUT2D eigenvalue weighted by Crippen LogP contribution is 2.27. The fourth-order valence-electron chi connectivity index (χ4n) is 1.78. The summed E-state index contributed by atoms with van der Waals surface area (Å²) in [5, 5.41) is 11.9. The number of carboxylic acids is 1. The van der Waals surface area contributed by atoms with Gasteiger partial charge in [0.05, 0.1) is 21.5 Å². The summed E-state index contributed by atoms with van der Waals surface area (Å²) in [7, 11) is 0. The van der Waals surface area contributed by atoms with Crippen LogP contribution in [0.25, 0.3) is 10.2 Å². The number of carboxylic acid groups (broad SMARTS) is 1. The summed E-state index contributed by atoms with van der Waals surface area (Å²) in [6, 6.07) is 4.59. The Hall–Kier alpha value is -2.74. The van der Waals surface area contributed by atoms with Crippen molar-refractivity contribution in [2.45, 2.75) is 6.92 Å². The van der Waals surface area contributed by atoms with E-state index in [1.807, 2.05) is 0 Å². The number of rotatable bonds is 3. The molecule has 0 spiro atoms. The summed E-state index contributed by atoms with van der Waals surface area (Å²) >= 11 is 1.19. The highest BCUT2D eigenvalue weighted by atomic mass is 32.1. The third kappa shape index (κ3) is 2.48. The van der Waals surface area contributed by atoms with Crippen LogP contribution in [0.4, 0.5) is 5.13 Å². The van der Waals surface area contributed by atoms with Crippen LogP contribution in [0.15, 0.2) is 29.0 Å². The van der Waals surface area contributed by atoms with Gasteiger partial charge in [0, 0.05) is 0 Å². The van der Waals surface area contributed by atoms with Gasteiger partial charge < -0.3 is 9.52 Å². The smallest absolute Gasteiger partial charge is 0.335 e. The van der Waals surface area contributed by atoms with Crippen molar-refractivity contribution in [1.29, 1.82) is 0 Å². The predicted molar refractivity (Wildman–Crippen MR) is 75.8 cm³/mol. The van der Waals surface area contributed by atoms with E-state index in [1.54, 1.807) is 13.0 Å². The first-order chi connectivity index (χ1) is 10.0. The topological polar surface area (TPSA) is 105 Å². The van der Waals surface area contributed by atoms with E-state index in [4.69, 9.17) is 9.52 Å². The van der Waals surface area contributed by atoms with Gasteiger partial charge >= 0.3 is 5.97 Å². The molecular formula is C13H9N3O4S. The summed E-state index contributed by atoms with van der Waals surface area (Å²) in [4.78, 5) is 31.0. The molecule has 1 amide bonds. The number of carbonyl (C=O) groups excluding carboxylic acids is 1. The van der Waals surface area contributed by atoms with Crippen molar-refractivity contribution in [2.24, 2.45) is 0 Å². The molecule has 0 saturated carbocycles. The van der Waals surface area contributed by atoms with E-state index in [-0.39, 0.29) is 11.3 Å². The lowest BCUT2D eigenvalue weighted by Crippen LogP contribution is -2.11. The summed E-state index contributed by atoms with van der Waals surface area (Å²) in [5.41, 5.74) is 1.28. The number of hydrogen-bond donors (Lipinski definition) is 2. The van der Waals surface area contributed by atoms with E-state index in [0.29, 0.717) is 21.0 Å². The Morgan fingerprint density at radius 1 is 1.38 bits per heavy atom. The van der Waals surface area contributed by atoms with E-state index < -0.39 is 11.9 Å². The Morgan fingerprint density at radius 2 is 2.19 bits per heavy atom. The molecule has 0 radical (unpaired) electrons. The molecule has 0 saturated heterocycles. The van der Waals surface area contributed by atoms with Crippen molar-refractivity contribution in [3.63, 3.8) is 0 Å². The van der Waals surface area contributed by atoms with Crippen molar-refractivity contribution in [1.82, 2.24) is 9.97 Å². The van der Waals surface area contributed by atoms with Crippen LogP contribution in [0.5, 0.6) is 0 Å². The van der Waals surface area contributed by atoms with Gasteiger partial charge in [0.2, 0.25) is 5.76 Å². The Morgan fingerprint density at radius 3 is 2.86 bits per heavy atom. The third-order valence-electron chi connectivity index (χ3n) is 2.81. The minimum absolute atomic E-state index is 0.125. The van der Waals surface area contributed by atoms with Crippen LogP contribution in [0, 0.1) is 6.92 Å². The molecule has 0 aliphatic rings. The second-order valence-corrected chi connectivity index (χ2v) is 5.26. The zero-order valence-electron chi connectivity index (χ0n) is 10.8. The van der Waals surface area contributed by atoms with Crippen LogP contribution in [-0.2, 0) is 0 Å². The average molecular weight is 303 g/mol. The summed E-state index contributed by atoms with van der Waals surface area (Å²) in [5.74, 6) is -1.32. The number of thiazole rings is 1. The SMILES string of the molecule is Cc1ncoc1C(=O)Nc1nc2ccc(C(=O)O)cc2s1. The Bertz CT molecular complexity index is 852. The molecule has 0 atom stereocenters. The maximum Gasteiger partial charge on any atom is 0.335 e. The fraction of sp³-hybridized carbons (Fsp3) is 0.0769. The molecule has 3 aromatic rings. The van der Waals surface area contributed by atoms with Gasteiger partial charge in [-0.2, -0.15) is 0 Å². The molecule has 21 heavy (non-hydrogen) atoms. The van der Waals surface area contributed by atoms with E-state index in [9.17, 15) is 9.59 Å². The summed E-state index contributed by atoms with van der Waals surface area (Å²) in [6.45, 7) is 1.66. The number of carbonyl (C=O) groups is 2. The molecule has 0 unspecified atom stereocenters. The summed E-state index contributed by atoms with van der Waals surface area (Å²) < 4.78 is 5.68. The van der Waals surface area contributed by atoms with Crippen LogP contribution in [0.2, 0.25) is 0 Å². The molecule has 2 N–H and O–H groups in total. The zero-order valence-corrected chi connectivity index (χ0v) is 11.6. The van der Waals surface area contributed by atoms with Crippen LogP contribution in [0.3, 0.4) is 0 Å². The van der Waals surface area contributed by atoms with Crippen LogP contribution in [-0.4, -0.2) is 27.0 Å². The molecule has 0 aliphatic heterocycles. The largest absolute Gasteiger partial charge is 0.478 e. The van der Waals surface area contributed by atoms with Crippen LogP contribution >= 0.6 is 11.3 Å². The predicted octanol–water partition coefficient (Wildman–Crippen LogP) is 2.54. The van der Waals surface area contributed by atoms with E-state index in [0.717, 1.165) is 0 Å². The lowest BCUT2D eigenvalue weighted by atomic mass is 10.2. The molecule has 7 nitrogen and oxygen atoms in total. The van der Waals surface area contributed by atoms with Gasteiger partial charge in [-0.25, -0.2) is 14.8 Å². The first kappa shape index (κ1) is 13.3. The lowest BCUT2D eigenvalue weighted by molar-refractivity contribution is 0.0697. The molecule has 3 rings (SSSR count). The molecule has 0 fully saturated rings. The molecule has 0 bridgehead atoms. The Kier molecular flexibility index (Phi) is 3.15. The maximum atomic E-state index is 12.0. The molecule has 1 aromatic carbocycles. The highest BCUT2D eigenvalue weighted by molar-refractivity contribution is 7.22. The molecule has 2 heterocycles. The average Bonchev–Trinajstić information content (AvgIpc) is 3.02. The van der Waals surface area contributed by atoms with Crippen LogP contribution in [0.1, 0.15) is 26.6 Å². The maximum absolute atomic E-state index is 12.0. The number of aromatic nitrogens is 2. The van der Waals surface area contributed by atoms with Crippen molar-refractivity contribution in [3.05, 3.63) is 41.6 Å². The van der Waals surface area contributed by atoms with Gasteiger partial charge in [-0.1, -0.05) is 11.3 Å². The van der Waals surface area contributed by atoms with Gasteiger partial charge in [0.25, 0.3) is 5.91 Å². The second kappa shape index (κ2) is 4.98. The fourth-order valence-corrected chi connectivity index (χ4v) is 2.69. The molecule has 2 aromatic heterocycles. The number of aromatic carboxylic acids is 1. The van der Waals surface area contributed by atoms with Gasteiger partial charge in [-0.15, -0.1) is 0 Å². The number of aryl methyl sites for hydroxylation is 1. The number of fused-ring (bicyclic) bond motifs is 1. The minimum Gasteiger partial charge on any atom is -0.478 e. The van der Waals surface area contributed by atoms with E-state index >= 15 is 0 Å². The van der Waals surface area contributed by atoms with Crippen molar-refractivity contribution < 1.29 is 19.1 Å². The lowest BCUT2D eigenvalue weighted by Gasteiger charge is -1.97. The van der Waals surface area contributed by atoms with Gasteiger partial charge in [0.15, 0.2) is 11.5 Å². The first-order valence-corrected chi connectivity index (χ1v) is 6.71. The number of anilines is 1. The molecule has 8 heteroatoms. The minimum atomic E-state index is -1.01. The van der Waals surface area contributed by atoms with Crippen molar-refractivity contribution >= 4 is 38.6 Å². The van der Waals surface area contributed by atoms with Gasteiger partial charge in [0.1, 0.15) is 0 Å². The number of oxazole rings is 1. The number of nitrogens with zero attached hydrogens (tertiary/aromatic N) is 2.